The van der Waals surface area contributed by atoms with Gasteiger partial charge in [-0.1, -0.05) is 29.3 Å². The second-order valence-electron chi connectivity index (χ2n) is 6.64. The molecule has 0 amide bonds. The predicted molar refractivity (Wildman–Crippen MR) is 114 cm³/mol. The SMILES string of the molecule is Cn1c(N2CCC=C(c3cc(Cl)ccc3Cl)C2)nc(-c2ccncc2)cc1=O. The number of aromatic nitrogens is 3. The lowest BCUT2D eigenvalue weighted by molar-refractivity contribution is 0.727. The molecule has 1 aromatic carbocycles. The number of hydrogen-bond donors (Lipinski definition) is 0. The summed E-state index contributed by atoms with van der Waals surface area (Å²) in [6.07, 6.45) is 6.38. The summed E-state index contributed by atoms with van der Waals surface area (Å²) in [5.74, 6) is 0.628. The summed E-state index contributed by atoms with van der Waals surface area (Å²) in [6.45, 7) is 1.36. The molecule has 1 aliphatic heterocycles. The molecule has 0 bridgehead atoms. The molecule has 0 atom stereocenters. The van der Waals surface area contributed by atoms with Gasteiger partial charge in [0.1, 0.15) is 0 Å². The van der Waals surface area contributed by atoms with Crippen molar-refractivity contribution >= 4 is 34.7 Å². The van der Waals surface area contributed by atoms with Gasteiger partial charge in [0, 0.05) is 54.2 Å². The first-order valence-corrected chi connectivity index (χ1v) is 9.66. The molecule has 4 rings (SSSR count). The number of nitrogens with zero attached hydrogens (tertiary/aromatic N) is 4. The van der Waals surface area contributed by atoms with Gasteiger partial charge in [-0.15, -0.1) is 0 Å². The lowest BCUT2D eigenvalue weighted by Gasteiger charge is -2.30. The van der Waals surface area contributed by atoms with E-state index in [1.165, 1.54) is 0 Å². The van der Waals surface area contributed by atoms with Crippen molar-refractivity contribution in [3.05, 3.63) is 80.8 Å². The van der Waals surface area contributed by atoms with Crippen LogP contribution in [0.25, 0.3) is 16.8 Å². The van der Waals surface area contributed by atoms with Crippen LogP contribution < -0.4 is 10.5 Å². The lowest BCUT2D eigenvalue weighted by Crippen LogP contribution is -2.35. The van der Waals surface area contributed by atoms with Gasteiger partial charge in [0.2, 0.25) is 5.95 Å². The molecule has 0 unspecified atom stereocenters. The lowest BCUT2D eigenvalue weighted by atomic mass is 10.0. The Morgan fingerprint density at radius 2 is 1.86 bits per heavy atom. The molecular formula is C21H18Cl2N4O. The van der Waals surface area contributed by atoms with Gasteiger partial charge in [0.25, 0.3) is 5.56 Å². The maximum absolute atomic E-state index is 12.6. The molecular weight excluding hydrogens is 395 g/mol. The van der Waals surface area contributed by atoms with Crippen LogP contribution in [0.4, 0.5) is 5.95 Å². The molecule has 0 aliphatic carbocycles. The number of hydrogen-bond acceptors (Lipinski definition) is 4. The summed E-state index contributed by atoms with van der Waals surface area (Å²) in [6, 6.07) is 10.7. The minimum absolute atomic E-state index is 0.103. The third kappa shape index (κ3) is 3.68. The Hall–Kier alpha value is -2.63. The van der Waals surface area contributed by atoms with Gasteiger partial charge in [0.05, 0.1) is 5.69 Å². The second-order valence-corrected chi connectivity index (χ2v) is 7.48. The third-order valence-electron chi connectivity index (χ3n) is 4.80. The molecule has 2 aromatic heterocycles. The molecule has 142 valence electrons. The standard InChI is InChI=1S/C21H18Cl2N4O/c1-26-20(28)12-19(14-6-8-24-9-7-14)25-21(26)27-10-2-3-15(13-27)17-11-16(22)4-5-18(17)23/h3-9,11-12H,2,10,13H2,1H3. The zero-order valence-electron chi connectivity index (χ0n) is 15.3. The molecule has 0 saturated carbocycles. The minimum atomic E-state index is -0.103. The summed E-state index contributed by atoms with van der Waals surface area (Å²) in [5.41, 5.74) is 3.38. The van der Waals surface area contributed by atoms with Gasteiger partial charge >= 0.3 is 0 Å². The van der Waals surface area contributed by atoms with Gasteiger partial charge in [0.15, 0.2) is 0 Å². The van der Waals surface area contributed by atoms with E-state index in [1.54, 1.807) is 42.2 Å². The Morgan fingerprint density at radius 1 is 1.07 bits per heavy atom. The van der Waals surface area contributed by atoms with Crippen LogP contribution in [0.5, 0.6) is 0 Å². The highest BCUT2D eigenvalue weighted by Gasteiger charge is 2.20. The van der Waals surface area contributed by atoms with E-state index in [0.717, 1.165) is 29.7 Å². The predicted octanol–water partition coefficient (Wildman–Crippen LogP) is 4.44. The average molecular weight is 413 g/mol. The quantitative estimate of drug-likeness (QED) is 0.637. The Labute approximate surface area is 172 Å². The highest BCUT2D eigenvalue weighted by molar-refractivity contribution is 6.34. The zero-order chi connectivity index (χ0) is 19.7. The summed E-state index contributed by atoms with van der Waals surface area (Å²) < 4.78 is 1.58. The number of benzene rings is 1. The van der Waals surface area contributed by atoms with E-state index in [0.29, 0.717) is 28.2 Å². The highest BCUT2D eigenvalue weighted by Crippen LogP contribution is 2.31. The Bertz CT molecular complexity index is 1110. The van der Waals surface area contributed by atoms with Crippen LogP contribution in [0.15, 0.2) is 59.7 Å². The molecule has 0 N–H and O–H groups in total. The van der Waals surface area contributed by atoms with Crippen LogP contribution in [-0.2, 0) is 7.05 Å². The molecule has 0 saturated heterocycles. The second kappa shape index (κ2) is 7.78. The Kier molecular flexibility index (Phi) is 5.20. The summed E-state index contributed by atoms with van der Waals surface area (Å²) >= 11 is 12.6. The van der Waals surface area contributed by atoms with Crippen LogP contribution in [-0.4, -0.2) is 27.6 Å². The molecule has 28 heavy (non-hydrogen) atoms. The zero-order valence-corrected chi connectivity index (χ0v) is 16.8. The molecule has 3 heterocycles. The van der Waals surface area contributed by atoms with Crippen LogP contribution in [0.2, 0.25) is 10.0 Å². The average Bonchev–Trinajstić information content (AvgIpc) is 2.72. The summed E-state index contributed by atoms with van der Waals surface area (Å²) in [5, 5.41) is 1.30. The minimum Gasteiger partial charge on any atom is -0.338 e. The van der Waals surface area contributed by atoms with Crippen molar-refractivity contribution in [2.45, 2.75) is 6.42 Å². The van der Waals surface area contributed by atoms with Crippen LogP contribution >= 0.6 is 23.2 Å². The monoisotopic (exact) mass is 412 g/mol. The molecule has 5 nitrogen and oxygen atoms in total. The van der Waals surface area contributed by atoms with Crippen molar-refractivity contribution in [1.82, 2.24) is 14.5 Å². The van der Waals surface area contributed by atoms with Crippen LogP contribution in [0.3, 0.4) is 0 Å². The van der Waals surface area contributed by atoms with E-state index in [1.807, 2.05) is 18.2 Å². The Balaban J connectivity index is 1.72. The number of pyridine rings is 1. The van der Waals surface area contributed by atoms with Crippen molar-refractivity contribution in [1.29, 1.82) is 0 Å². The van der Waals surface area contributed by atoms with Crippen molar-refractivity contribution in [2.75, 3.05) is 18.0 Å². The summed E-state index contributed by atoms with van der Waals surface area (Å²) in [7, 11) is 1.74. The highest BCUT2D eigenvalue weighted by atomic mass is 35.5. The fourth-order valence-electron chi connectivity index (χ4n) is 3.33. The fourth-order valence-corrected chi connectivity index (χ4v) is 3.75. The van der Waals surface area contributed by atoms with Crippen molar-refractivity contribution in [3.63, 3.8) is 0 Å². The van der Waals surface area contributed by atoms with E-state index in [2.05, 4.69) is 16.0 Å². The van der Waals surface area contributed by atoms with Crippen molar-refractivity contribution < 1.29 is 0 Å². The summed E-state index contributed by atoms with van der Waals surface area (Å²) in [4.78, 5) is 23.4. The van der Waals surface area contributed by atoms with E-state index in [9.17, 15) is 4.79 Å². The van der Waals surface area contributed by atoms with Crippen LogP contribution in [0, 0.1) is 0 Å². The molecule has 1 aliphatic rings. The van der Waals surface area contributed by atoms with Crippen molar-refractivity contribution in [2.24, 2.45) is 7.05 Å². The van der Waals surface area contributed by atoms with E-state index < -0.39 is 0 Å². The van der Waals surface area contributed by atoms with E-state index in [4.69, 9.17) is 28.2 Å². The topological polar surface area (TPSA) is 51.0 Å². The van der Waals surface area contributed by atoms with E-state index >= 15 is 0 Å². The number of halogens is 2. The van der Waals surface area contributed by atoms with Crippen LogP contribution in [0.1, 0.15) is 12.0 Å². The number of rotatable bonds is 3. The largest absolute Gasteiger partial charge is 0.338 e. The maximum atomic E-state index is 12.6. The Morgan fingerprint density at radius 3 is 2.64 bits per heavy atom. The van der Waals surface area contributed by atoms with Gasteiger partial charge in [-0.05, 0) is 47.9 Å². The molecule has 3 aromatic rings. The van der Waals surface area contributed by atoms with Gasteiger partial charge in [-0.25, -0.2) is 4.98 Å². The maximum Gasteiger partial charge on any atom is 0.255 e. The molecule has 0 fully saturated rings. The molecule has 7 heteroatoms. The molecule has 0 spiro atoms. The van der Waals surface area contributed by atoms with E-state index in [-0.39, 0.29) is 5.56 Å². The fraction of sp³-hybridized carbons (Fsp3) is 0.190. The number of anilines is 1. The smallest absolute Gasteiger partial charge is 0.255 e. The van der Waals surface area contributed by atoms with Gasteiger partial charge in [-0.3, -0.25) is 14.3 Å². The normalized spacial score (nSPS) is 14.1. The third-order valence-corrected chi connectivity index (χ3v) is 5.36. The first-order chi connectivity index (χ1) is 13.5. The van der Waals surface area contributed by atoms with Gasteiger partial charge < -0.3 is 4.90 Å². The van der Waals surface area contributed by atoms with Gasteiger partial charge in [-0.2, -0.15) is 0 Å². The molecule has 0 radical (unpaired) electrons. The first-order valence-electron chi connectivity index (χ1n) is 8.91. The van der Waals surface area contributed by atoms with Crippen molar-refractivity contribution in [3.8, 4) is 11.3 Å². The first kappa shape index (κ1) is 18.7.